The van der Waals surface area contributed by atoms with Gasteiger partial charge in [0.2, 0.25) is 0 Å². The van der Waals surface area contributed by atoms with Gasteiger partial charge < -0.3 is 13.9 Å². The third-order valence-electron chi connectivity index (χ3n) is 5.87. The summed E-state index contributed by atoms with van der Waals surface area (Å²) in [6.07, 6.45) is 0. The van der Waals surface area contributed by atoms with Gasteiger partial charge in [0.15, 0.2) is 0 Å². The van der Waals surface area contributed by atoms with Crippen LogP contribution in [0.1, 0.15) is 40.4 Å². The first-order valence-electron chi connectivity index (χ1n) is 12.5. The number of carbonyl (C=O) groups is 1. The number of hydrogen-bond acceptors (Lipinski definition) is 5. The summed E-state index contributed by atoms with van der Waals surface area (Å²) >= 11 is -2.42. The maximum absolute atomic E-state index is 12.9. The molecule has 1 heterocycles. The van der Waals surface area contributed by atoms with Crippen LogP contribution in [0.5, 0.6) is 5.75 Å². The van der Waals surface area contributed by atoms with E-state index in [1.165, 1.54) is 4.31 Å². The number of fused-ring (bicyclic) bond motifs is 1. The van der Waals surface area contributed by atoms with Gasteiger partial charge in [-0.15, -0.1) is 0 Å². The fourth-order valence-corrected chi connectivity index (χ4v) is 4.98. The number of esters is 1. The molecule has 4 aromatic rings. The topological polar surface area (TPSA) is 89.2 Å². The monoisotopic (exact) mass is 535 g/mol. The van der Waals surface area contributed by atoms with Crippen molar-refractivity contribution in [1.29, 1.82) is 0 Å². The quantitative estimate of drug-likeness (QED) is 0.184. The molecule has 0 aliphatic heterocycles. The maximum Gasteiger partial charge on any atom is 0.330 e. The Kier molecular flexibility index (Phi) is 8.23. The molecule has 8 heteroatoms. The van der Waals surface area contributed by atoms with Gasteiger partial charge in [-0.05, 0) is 74.2 Å². The summed E-state index contributed by atoms with van der Waals surface area (Å²) in [5, 5.41) is 1.04. The van der Waals surface area contributed by atoms with E-state index in [0.29, 0.717) is 18.0 Å². The van der Waals surface area contributed by atoms with E-state index in [-0.39, 0.29) is 5.92 Å². The van der Waals surface area contributed by atoms with E-state index in [9.17, 15) is 13.6 Å². The largest absolute Gasteiger partial charge is 0.486 e. The molecule has 200 valence electrons. The molecule has 4 rings (SSSR count). The van der Waals surface area contributed by atoms with Crippen LogP contribution in [-0.2, 0) is 27.4 Å². The van der Waals surface area contributed by atoms with Gasteiger partial charge in [0.05, 0.1) is 5.69 Å². The molecule has 3 aromatic carbocycles. The van der Waals surface area contributed by atoms with Crippen molar-refractivity contribution in [2.75, 3.05) is 4.31 Å². The number of nitrogens with zero attached hydrogens (tertiary/aromatic N) is 1. The number of furan rings is 1. The molecule has 0 amide bonds. The maximum atomic E-state index is 12.9. The average molecular weight is 536 g/mol. The van der Waals surface area contributed by atoms with Crippen LogP contribution in [0.25, 0.3) is 22.1 Å². The lowest BCUT2D eigenvalue weighted by Gasteiger charge is -2.33. The standard InChI is InChI=1S/C30H33NO6S/c1-20(2)28(29(32)37-30(3,4)5)31(38(33)34)24-14-10-21(11-15-24)22-12-16-25(17-13-22)35-19-26-18-23-8-6-7-9-27(23)36-26/h6-18,20,28H,19H2,1-5H3,(H,33,34). The Morgan fingerprint density at radius 3 is 2.13 bits per heavy atom. The predicted molar refractivity (Wildman–Crippen MR) is 150 cm³/mol. The number of benzene rings is 3. The fourth-order valence-electron chi connectivity index (χ4n) is 4.16. The molecule has 0 fully saturated rings. The Hall–Kier alpha value is -3.62. The number of para-hydroxylation sites is 1. The van der Waals surface area contributed by atoms with Crippen LogP contribution in [0.2, 0.25) is 0 Å². The summed E-state index contributed by atoms with van der Waals surface area (Å²) in [5.74, 6) is 0.664. The van der Waals surface area contributed by atoms with E-state index >= 15 is 0 Å². The highest BCUT2D eigenvalue weighted by molar-refractivity contribution is 7.80. The summed E-state index contributed by atoms with van der Waals surface area (Å²) in [7, 11) is 0. The molecule has 0 bridgehead atoms. The molecule has 0 aliphatic carbocycles. The van der Waals surface area contributed by atoms with E-state index in [1.807, 2.05) is 80.6 Å². The van der Waals surface area contributed by atoms with Gasteiger partial charge in [0, 0.05) is 5.39 Å². The van der Waals surface area contributed by atoms with Crippen LogP contribution in [0.15, 0.2) is 83.3 Å². The van der Waals surface area contributed by atoms with Crippen LogP contribution in [0.4, 0.5) is 5.69 Å². The van der Waals surface area contributed by atoms with Gasteiger partial charge >= 0.3 is 5.97 Å². The Morgan fingerprint density at radius 2 is 1.58 bits per heavy atom. The molecule has 0 spiro atoms. The molecule has 1 N–H and O–H groups in total. The number of ether oxygens (including phenoxy) is 2. The lowest BCUT2D eigenvalue weighted by molar-refractivity contribution is -0.157. The summed E-state index contributed by atoms with van der Waals surface area (Å²) < 4.78 is 40.8. The fraction of sp³-hybridized carbons (Fsp3) is 0.300. The zero-order chi connectivity index (χ0) is 27.4. The van der Waals surface area contributed by atoms with E-state index < -0.39 is 28.9 Å². The predicted octanol–water partition coefficient (Wildman–Crippen LogP) is 6.99. The minimum Gasteiger partial charge on any atom is -0.486 e. The molecule has 7 nitrogen and oxygen atoms in total. The Labute approximate surface area is 225 Å². The third-order valence-corrected chi connectivity index (χ3v) is 6.64. The highest BCUT2D eigenvalue weighted by atomic mass is 32.2. The molecule has 0 saturated heterocycles. The molecule has 0 aliphatic rings. The summed E-state index contributed by atoms with van der Waals surface area (Å²) in [5.41, 5.74) is 2.44. The molecule has 0 saturated carbocycles. The van der Waals surface area contributed by atoms with Gasteiger partial charge in [-0.3, -0.25) is 8.86 Å². The van der Waals surface area contributed by atoms with Crippen molar-refractivity contribution in [3.63, 3.8) is 0 Å². The molecule has 0 radical (unpaired) electrons. The van der Waals surface area contributed by atoms with Crippen molar-refractivity contribution < 1.29 is 27.4 Å². The molecule has 1 aromatic heterocycles. The average Bonchev–Trinajstić information content (AvgIpc) is 3.28. The minimum atomic E-state index is -2.42. The van der Waals surface area contributed by atoms with Crippen LogP contribution in [0.3, 0.4) is 0 Å². The van der Waals surface area contributed by atoms with Gasteiger partial charge in [0.1, 0.15) is 35.3 Å². The highest BCUT2D eigenvalue weighted by Gasteiger charge is 2.36. The Morgan fingerprint density at radius 1 is 0.974 bits per heavy atom. The van der Waals surface area contributed by atoms with Crippen molar-refractivity contribution in [2.24, 2.45) is 5.92 Å². The van der Waals surface area contributed by atoms with E-state index in [4.69, 9.17) is 13.9 Å². The van der Waals surface area contributed by atoms with Crippen LogP contribution in [-0.4, -0.2) is 26.4 Å². The second-order valence-electron chi connectivity index (χ2n) is 10.4. The van der Waals surface area contributed by atoms with Crippen molar-refractivity contribution in [1.82, 2.24) is 0 Å². The molecule has 2 unspecified atom stereocenters. The van der Waals surface area contributed by atoms with Crippen molar-refractivity contribution in [3.8, 4) is 16.9 Å². The second kappa shape index (κ2) is 11.4. The van der Waals surface area contributed by atoms with E-state index in [0.717, 1.165) is 27.9 Å². The Balaban J connectivity index is 1.47. The highest BCUT2D eigenvalue weighted by Crippen LogP contribution is 2.29. The van der Waals surface area contributed by atoms with E-state index in [2.05, 4.69) is 0 Å². The molecule has 38 heavy (non-hydrogen) atoms. The zero-order valence-corrected chi connectivity index (χ0v) is 23.0. The third kappa shape index (κ3) is 6.62. The van der Waals surface area contributed by atoms with E-state index in [1.54, 1.807) is 32.9 Å². The van der Waals surface area contributed by atoms with Crippen LogP contribution in [0, 0.1) is 5.92 Å². The SMILES string of the molecule is CC(C)C(C(=O)OC(C)(C)C)N(c1ccc(-c2ccc(OCc3cc4ccccc4o3)cc2)cc1)S(=O)O. The molecule has 2 atom stereocenters. The minimum absolute atomic E-state index is 0.257. The Bertz CT molecular complexity index is 1370. The number of hydrogen-bond donors (Lipinski definition) is 1. The number of carbonyl (C=O) groups excluding carboxylic acids is 1. The van der Waals surface area contributed by atoms with Crippen LogP contribution < -0.4 is 9.04 Å². The number of anilines is 1. The van der Waals surface area contributed by atoms with Gasteiger partial charge in [-0.2, -0.15) is 0 Å². The molecular weight excluding hydrogens is 502 g/mol. The summed E-state index contributed by atoms with van der Waals surface area (Å²) in [4.78, 5) is 12.9. The van der Waals surface area contributed by atoms with Crippen molar-refractivity contribution >= 4 is 33.9 Å². The van der Waals surface area contributed by atoms with Gasteiger partial charge in [0.25, 0.3) is 11.3 Å². The first-order valence-corrected chi connectivity index (χ1v) is 13.5. The lowest BCUT2D eigenvalue weighted by atomic mass is 10.0. The number of rotatable bonds is 9. The smallest absolute Gasteiger partial charge is 0.330 e. The first kappa shape index (κ1) is 27.4. The normalized spacial score (nSPS) is 13.3. The first-order chi connectivity index (χ1) is 18.0. The van der Waals surface area contributed by atoms with Crippen molar-refractivity contribution in [2.45, 2.75) is 52.9 Å². The van der Waals surface area contributed by atoms with Gasteiger partial charge in [-0.1, -0.05) is 56.3 Å². The summed E-state index contributed by atoms with van der Waals surface area (Å²) in [6.45, 7) is 9.28. The van der Waals surface area contributed by atoms with Gasteiger partial charge in [-0.25, -0.2) is 9.00 Å². The van der Waals surface area contributed by atoms with Crippen molar-refractivity contribution in [3.05, 3.63) is 84.6 Å². The lowest BCUT2D eigenvalue weighted by Crippen LogP contribution is -2.48. The molecular formula is C30H33NO6S. The second-order valence-corrected chi connectivity index (χ2v) is 11.2. The van der Waals surface area contributed by atoms with Crippen LogP contribution >= 0.6 is 0 Å². The zero-order valence-electron chi connectivity index (χ0n) is 22.2. The summed E-state index contributed by atoms with van der Waals surface area (Å²) in [6, 6.07) is 23.7.